The lowest BCUT2D eigenvalue weighted by atomic mass is 9.65. The molecule has 1 unspecified atom stereocenters. The highest BCUT2D eigenvalue weighted by Gasteiger charge is 2.54. The van der Waals surface area contributed by atoms with Gasteiger partial charge in [-0.2, -0.15) is 4.57 Å². The molecule has 23 heavy (non-hydrogen) atoms. The van der Waals surface area contributed by atoms with Crippen LogP contribution in [0.1, 0.15) is 76.6 Å². The SMILES string of the molecule is CCC1[n+]2cccc3c2-c2c(cccc2C1(CC)CC)C3(C)C. The Labute approximate surface area is 140 Å². The highest BCUT2D eigenvalue weighted by molar-refractivity contribution is 5.80. The third-order valence-electron chi connectivity index (χ3n) is 6.83. The summed E-state index contributed by atoms with van der Waals surface area (Å²) < 4.78 is 2.61. The molecule has 2 heterocycles. The van der Waals surface area contributed by atoms with Crippen LogP contribution >= 0.6 is 0 Å². The molecule has 1 aliphatic heterocycles. The Hall–Kier alpha value is -1.63. The molecular weight excluding hydrogens is 278 g/mol. The molecule has 1 heteroatoms. The maximum absolute atomic E-state index is 2.61. The standard InChI is InChI=1S/C22H28N/c1-6-18-22(7-2,8-3)16-12-9-11-15-19(16)20-17(21(15,4)5)13-10-14-23(18)20/h9-14,18H,6-8H2,1-5H3/q+1. The summed E-state index contributed by atoms with van der Waals surface area (Å²) in [6.07, 6.45) is 5.92. The summed E-state index contributed by atoms with van der Waals surface area (Å²) in [7, 11) is 0. The second-order valence-electron chi connectivity index (χ2n) is 7.82. The van der Waals surface area contributed by atoms with E-state index in [-0.39, 0.29) is 10.8 Å². The predicted molar refractivity (Wildman–Crippen MR) is 95.8 cm³/mol. The predicted octanol–water partition coefficient (Wildman–Crippen LogP) is 5.30. The highest BCUT2D eigenvalue weighted by atomic mass is 15.0. The third-order valence-corrected chi connectivity index (χ3v) is 6.83. The van der Waals surface area contributed by atoms with E-state index >= 15 is 0 Å². The Morgan fingerprint density at radius 1 is 0.913 bits per heavy atom. The zero-order valence-electron chi connectivity index (χ0n) is 15.1. The van der Waals surface area contributed by atoms with Crippen LogP contribution in [0.25, 0.3) is 11.3 Å². The van der Waals surface area contributed by atoms with Gasteiger partial charge in [0.1, 0.15) is 0 Å². The lowest BCUT2D eigenvalue weighted by Crippen LogP contribution is -2.55. The molecule has 0 amide bonds. The zero-order valence-corrected chi connectivity index (χ0v) is 15.1. The van der Waals surface area contributed by atoms with Crippen molar-refractivity contribution >= 4 is 0 Å². The molecule has 0 saturated heterocycles. The molecule has 1 aromatic heterocycles. The van der Waals surface area contributed by atoms with Crippen molar-refractivity contribution in [2.75, 3.05) is 0 Å². The molecule has 0 fully saturated rings. The van der Waals surface area contributed by atoms with Crippen LogP contribution in [0.3, 0.4) is 0 Å². The summed E-state index contributed by atoms with van der Waals surface area (Å²) in [4.78, 5) is 0. The summed E-state index contributed by atoms with van der Waals surface area (Å²) in [5, 5.41) is 0. The molecule has 0 radical (unpaired) electrons. The van der Waals surface area contributed by atoms with Crippen LogP contribution in [0, 0.1) is 0 Å². The number of hydrogen-bond donors (Lipinski definition) is 0. The number of rotatable bonds is 3. The van der Waals surface area contributed by atoms with Crippen LogP contribution < -0.4 is 4.57 Å². The molecular formula is C22H28N+. The largest absolute Gasteiger partial charge is 0.217 e. The van der Waals surface area contributed by atoms with E-state index in [2.05, 4.69) is 75.7 Å². The van der Waals surface area contributed by atoms with Crippen molar-refractivity contribution in [3.8, 4) is 11.3 Å². The van der Waals surface area contributed by atoms with E-state index < -0.39 is 0 Å². The molecule has 0 saturated carbocycles. The molecule has 0 bridgehead atoms. The average molecular weight is 306 g/mol. The second kappa shape index (κ2) is 4.69. The van der Waals surface area contributed by atoms with Gasteiger partial charge in [0.15, 0.2) is 12.2 Å². The first-order valence-corrected chi connectivity index (χ1v) is 9.21. The Morgan fingerprint density at radius 2 is 1.57 bits per heavy atom. The number of hydrogen-bond acceptors (Lipinski definition) is 0. The lowest BCUT2D eigenvalue weighted by Gasteiger charge is -2.40. The number of aromatic nitrogens is 1. The Morgan fingerprint density at radius 3 is 2.22 bits per heavy atom. The molecule has 120 valence electrons. The number of benzene rings is 1. The van der Waals surface area contributed by atoms with Crippen molar-refractivity contribution in [2.45, 2.75) is 70.8 Å². The van der Waals surface area contributed by atoms with Crippen LogP contribution in [0.5, 0.6) is 0 Å². The molecule has 1 aromatic carbocycles. The first-order chi connectivity index (χ1) is 11.0. The van der Waals surface area contributed by atoms with E-state index in [4.69, 9.17) is 0 Å². The summed E-state index contributed by atoms with van der Waals surface area (Å²) in [5.41, 5.74) is 8.03. The van der Waals surface area contributed by atoms with Crippen molar-refractivity contribution in [1.29, 1.82) is 0 Å². The van der Waals surface area contributed by atoms with Gasteiger partial charge in [-0.3, -0.25) is 0 Å². The normalized spacial score (nSPS) is 22.0. The van der Waals surface area contributed by atoms with Gasteiger partial charge in [-0.1, -0.05) is 52.8 Å². The van der Waals surface area contributed by atoms with Gasteiger partial charge in [0, 0.05) is 23.5 Å². The summed E-state index contributed by atoms with van der Waals surface area (Å²) in [5.74, 6) is 0. The first-order valence-electron chi connectivity index (χ1n) is 9.21. The third kappa shape index (κ3) is 1.56. The summed E-state index contributed by atoms with van der Waals surface area (Å²) >= 11 is 0. The minimum atomic E-state index is 0.111. The van der Waals surface area contributed by atoms with Gasteiger partial charge >= 0.3 is 0 Å². The van der Waals surface area contributed by atoms with E-state index in [1.807, 2.05) is 0 Å². The van der Waals surface area contributed by atoms with Gasteiger partial charge in [-0.15, -0.1) is 0 Å². The smallest absolute Gasteiger partial charge is 0.194 e. The Balaban J connectivity index is 2.19. The van der Waals surface area contributed by atoms with Crippen molar-refractivity contribution in [2.24, 2.45) is 0 Å². The topological polar surface area (TPSA) is 3.88 Å². The average Bonchev–Trinajstić information content (AvgIpc) is 2.82. The van der Waals surface area contributed by atoms with E-state index in [1.165, 1.54) is 36.1 Å². The van der Waals surface area contributed by atoms with Crippen LogP contribution in [-0.4, -0.2) is 0 Å². The molecule has 0 N–H and O–H groups in total. The van der Waals surface area contributed by atoms with E-state index in [0.29, 0.717) is 6.04 Å². The fraction of sp³-hybridized carbons (Fsp3) is 0.500. The van der Waals surface area contributed by atoms with Crippen molar-refractivity contribution in [1.82, 2.24) is 0 Å². The van der Waals surface area contributed by atoms with Gasteiger partial charge in [0.25, 0.3) is 0 Å². The minimum Gasteiger partial charge on any atom is -0.194 e. The van der Waals surface area contributed by atoms with Crippen LogP contribution in [-0.2, 0) is 10.8 Å². The Kier molecular flexibility index (Phi) is 3.04. The molecule has 1 aliphatic carbocycles. The van der Waals surface area contributed by atoms with Gasteiger partial charge in [0.05, 0.1) is 11.0 Å². The first kappa shape index (κ1) is 14.9. The second-order valence-corrected chi connectivity index (χ2v) is 7.82. The summed E-state index contributed by atoms with van der Waals surface area (Å²) in [6.45, 7) is 11.9. The fourth-order valence-electron chi connectivity index (χ4n) is 5.58. The molecule has 4 rings (SSSR count). The molecule has 2 aliphatic rings. The quantitative estimate of drug-likeness (QED) is 0.677. The number of nitrogens with zero attached hydrogens (tertiary/aromatic N) is 1. The van der Waals surface area contributed by atoms with E-state index in [1.54, 1.807) is 11.1 Å². The van der Waals surface area contributed by atoms with Crippen molar-refractivity contribution in [3.63, 3.8) is 0 Å². The van der Waals surface area contributed by atoms with Crippen LogP contribution in [0.2, 0.25) is 0 Å². The van der Waals surface area contributed by atoms with Crippen LogP contribution in [0.4, 0.5) is 0 Å². The minimum absolute atomic E-state index is 0.111. The fourth-order valence-corrected chi connectivity index (χ4v) is 5.58. The molecule has 2 aromatic rings. The lowest BCUT2D eigenvalue weighted by molar-refractivity contribution is -0.725. The highest BCUT2D eigenvalue weighted by Crippen LogP contribution is 2.56. The maximum Gasteiger partial charge on any atom is 0.217 e. The van der Waals surface area contributed by atoms with Gasteiger partial charge in [-0.25, -0.2) is 0 Å². The molecule has 1 atom stereocenters. The van der Waals surface area contributed by atoms with Crippen molar-refractivity contribution in [3.05, 3.63) is 53.2 Å². The van der Waals surface area contributed by atoms with Gasteiger partial charge in [0.2, 0.25) is 5.69 Å². The molecule has 0 spiro atoms. The number of pyridine rings is 1. The van der Waals surface area contributed by atoms with Crippen LogP contribution in [0.15, 0.2) is 36.5 Å². The molecule has 1 nitrogen and oxygen atoms in total. The van der Waals surface area contributed by atoms with Crippen molar-refractivity contribution < 1.29 is 4.57 Å². The maximum atomic E-state index is 2.61. The zero-order chi connectivity index (χ0) is 16.4. The Bertz CT molecular complexity index is 781. The summed E-state index contributed by atoms with van der Waals surface area (Å²) in [6, 6.07) is 12.2. The van der Waals surface area contributed by atoms with E-state index in [0.717, 1.165) is 0 Å². The van der Waals surface area contributed by atoms with E-state index in [9.17, 15) is 0 Å². The van der Waals surface area contributed by atoms with Gasteiger partial charge in [-0.05, 0) is 30.0 Å². The monoisotopic (exact) mass is 306 g/mol. The van der Waals surface area contributed by atoms with Gasteiger partial charge < -0.3 is 0 Å².